The van der Waals surface area contributed by atoms with Crippen LogP contribution in [-0.4, -0.2) is 18.5 Å². The third kappa shape index (κ3) is 39.4. The number of hydrogen-bond acceptors (Lipinski definition) is 4. The molecule has 0 aliphatic carbocycles. The maximum Gasteiger partial charge on any atom is 1.00 e. The first-order valence-corrected chi connectivity index (χ1v) is 2.81. The van der Waals surface area contributed by atoms with Crippen LogP contribution in [0.5, 0.6) is 0 Å². The zero-order chi connectivity index (χ0) is 8.57. The first-order valence-electron chi connectivity index (χ1n) is 2.81. The van der Waals surface area contributed by atoms with E-state index in [-0.39, 0.29) is 36.2 Å². The molecule has 0 aromatic carbocycles. The van der Waals surface area contributed by atoms with Crippen molar-refractivity contribution in [3.8, 4) is 0 Å². The standard InChI is InChI=1S/C4H6O3.C2H5O.Na/c1-3(5)7-4(2)6;1-2-3;/h1-2H3;2H2,1H3;/q;-1;+1. The van der Waals surface area contributed by atoms with Gasteiger partial charge in [-0.15, -0.1) is 6.61 Å². The summed E-state index contributed by atoms with van der Waals surface area (Å²) in [5.74, 6) is -1.12. The van der Waals surface area contributed by atoms with Crippen molar-refractivity contribution in [2.75, 3.05) is 6.61 Å². The molecular weight excluding hydrogens is 159 g/mol. The van der Waals surface area contributed by atoms with Gasteiger partial charge in [-0.25, -0.2) is 0 Å². The van der Waals surface area contributed by atoms with E-state index < -0.39 is 11.9 Å². The Morgan fingerprint density at radius 3 is 1.45 bits per heavy atom. The van der Waals surface area contributed by atoms with E-state index in [1.54, 1.807) is 6.92 Å². The maximum atomic E-state index is 9.81. The molecule has 0 spiro atoms. The fourth-order valence-corrected chi connectivity index (χ4v) is 0.202. The Morgan fingerprint density at radius 1 is 1.27 bits per heavy atom. The van der Waals surface area contributed by atoms with Crippen LogP contribution in [0.15, 0.2) is 0 Å². The van der Waals surface area contributed by atoms with Crippen LogP contribution < -0.4 is 34.7 Å². The van der Waals surface area contributed by atoms with E-state index in [9.17, 15) is 9.59 Å². The van der Waals surface area contributed by atoms with Crippen molar-refractivity contribution in [2.24, 2.45) is 0 Å². The molecule has 0 saturated carbocycles. The van der Waals surface area contributed by atoms with E-state index in [2.05, 4.69) is 4.74 Å². The van der Waals surface area contributed by atoms with Gasteiger partial charge in [0.15, 0.2) is 0 Å². The topological polar surface area (TPSA) is 66.4 Å². The summed E-state index contributed by atoms with van der Waals surface area (Å²) in [7, 11) is 0. The fourth-order valence-electron chi connectivity index (χ4n) is 0.202. The van der Waals surface area contributed by atoms with Crippen molar-refractivity contribution in [1.29, 1.82) is 0 Å². The first kappa shape index (κ1) is 17.3. The van der Waals surface area contributed by atoms with Gasteiger partial charge in [0, 0.05) is 13.8 Å². The van der Waals surface area contributed by atoms with E-state index in [0.717, 1.165) is 0 Å². The third-order valence-corrected chi connectivity index (χ3v) is 0.287. The number of rotatable bonds is 0. The molecule has 0 fully saturated rings. The number of carbonyl (C=O) groups is 2. The molecule has 0 rings (SSSR count). The van der Waals surface area contributed by atoms with Crippen LogP contribution in [-0.2, 0) is 14.3 Å². The molecule has 0 aromatic heterocycles. The summed E-state index contributed by atoms with van der Waals surface area (Å²) < 4.78 is 3.97. The summed E-state index contributed by atoms with van der Waals surface area (Å²) in [5, 5.41) is 8.93. The first-order chi connectivity index (χ1) is 4.54. The zero-order valence-electron chi connectivity index (χ0n) is 7.34. The van der Waals surface area contributed by atoms with E-state index in [1.165, 1.54) is 13.8 Å². The van der Waals surface area contributed by atoms with Gasteiger partial charge in [-0.05, 0) is 0 Å². The second-order valence-corrected chi connectivity index (χ2v) is 1.37. The van der Waals surface area contributed by atoms with Gasteiger partial charge in [-0.2, -0.15) is 0 Å². The largest absolute Gasteiger partial charge is 1.00 e. The fraction of sp³-hybridized carbons (Fsp3) is 0.667. The second kappa shape index (κ2) is 12.7. The van der Waals surface area contributed by atoms with Crippen LogP contribution in [0.2, 0.25) is 0 Å². The Balaban J connectivity index is -0.000000140. The van der Waals surface area contributed by atoms with Crippen molar-refractivity contribution in [2.45, 2.75) is 20.8 Å². The quantitative estimate of drug-likeness (QED) is 0.214. The van der Waals surface area contributed by atoms with Gasteiger partial charge < -0.3 is 9.84 Å². The van der Waals surface area contributed by atoms with Gasteiger partial charge in [0.1, 0.15) is 0 Å². The Kier molecular flexibility index (Phi) is 20.0. The van der Waals surface area contributed by atoms with Gasteiger partial charge in [-0.3, -0.25) is 9.59 Å². The van der Waals surface area contributed by atoms with Crippen molar-refractivity contribution in [3.63, 3.8) is 0 Å². The summed E-state index contributed by atoms with van der Waals surface area (Å²) in [6.07, 6.45) is 0. The Bertz CT molecular complexity index is 101. The Morgan fingerprint density at radius 2 is 1.45 bits per heavy atom. The molecule has 0 saturated heterocycles. The molecule has 0 amide bonds. The third-order valence-electron chi connectivity index (χ3n) is 0.287. The molecule has 5 heteroatoms. The number of ether oxygens (including phenoxy) is 1. The second-order valence-electron chi connectivity index (χ2n) is 1.37. The average molecular weight is 170 g/mol. The molecule has 0 radical (unpaired) electrons. The van der Waals surface area contributed by atoms with Crippen LogP contribution in [0, 0.1) is 0 Å². The minimum absolute atomic E-state index is 0. The molecule has 0 N–H and O–H groups in total. The summed E-state index contributed by atoms with van der Waals surface area (Å²) in [6, 6.07) is 0. The van der Waals surface area contributed by atoms with Crippen molar-refractivity contribution >= 4 is 11.9 Å². The van der Waals surface area contributed by atoms with E-state index in [1.807, 2.05) is 0 Å². The van der Waals surface area contributed by atoms with Gasteiger partial charge in [-0.1, -0.05) is 6.92 Å². The molecule has 0 heterocycles. The van der Waals surface area contributed by atoms with E-state index in [0.29, 0.717) is 0 Å². The summed E-state index contributed by atoms with van der Waals surface area (Å²) in [6.45, 7) is 3.93. The normalized spacial score (nSPS) is 6.55. The monoisotopic (exact) mass is 170 g/mol. The molecule has 60 valence electrons. The summed E-state index contributed by atoms with van der Waals surface area (Å²) in [4.78, 5) is 19.6. The van der Waals surface area contributed by atoms with Gasteiger partial charge in [0.2, 0.25) is 0 Å². The molecular formula is C6H11NaO4. The van der Waals surface area contributed by atoms with Crippen LogP contribution in [0.4, 0.5) is 0 Å². The minimum Gasteiger partial charge on any atom is -0.855 e. The molecule has 0 unspecified atom stereocenters. The summed E-state index contributed by atoms with van der Waals surface area (Å²) in [5.41, 5.74) is 0. The smallest absolute Gasteiger partial charge is 0.855 e. The molecule has 0 aromatic rings. The molecule has 0 bridgehead atoms. The SMILES string of the molecule is CC(=O)OC(C)=O.CC[O-].[Na+]. The van der Waals surface area contributed by atoms with Crippen molar-refractivity contribution < 1.29 is 49.0 Å². The van der Waals surface area contributed by atoms with Crippen LogP contribution in [0.25, 0.3) is 0 Å². The molecule has 0 aliphatic heterocycles. The van der Waals surface area contributed by atoms with E-state index in [4.69, 9.17) is 5.11 Å². The Labute approximate surface area is 88.2 Å². The zero-order valence-corrected chi connectivity index (χ0v) is 9.34. The molecule has 11 heavy (non-hydrogen) atoms. The minimum atomic E-state index is -0.562. The molecule has 0 atom stereocenters. The van der Waals surface area contributed by atoms with Crippen LogP contribution >= 0.6 is 0 Å². The van der Waals surface area contributed by atoms with Crippen molar-refractivity contribution in [1.82, 2.24) is 0 Å². The average Bonchev–Trinajstić information content (AvgIpc) is 1.62. The van der Waals surface area contributed by atoms with Crippen molar-refractivity contribution in [3.05, 3.63) is 0 Å². The Hall–Kier alpha value is 0.1000. The number of carbonyl (C=O) groups excluding carboxylic acids is 2. The predicted octanol–water partition coefficient (Wildman–Crippen LogP) is -3.53. The number of hydrogen-bond donors (Lipinski definition) is 0. The molecule has 4 nitrogen and oxygen atoms in total. The number of esters is 2. The van der Waals surface area contributed by atoms with E-state index >= 15 is 0 Å². The molecule has 0 aliphatic rings. The predicted molar refractivity (Wildman–Crippen MR) is 33.0 cm³/mol. The maximum absolute atomic E-state index is 9.81. The van der Waals surface area contributed by atoms with Crippen LogP contribution in [0.1, 0.15) is 20.8 Å². The van der Waals surface area contributed by atoms with Gasteiger partial charge >= 0.3 is 41.5 Å². The van der Waals surface area contributed by atoms with Crippen LogP contribution in [0.3, 0.4) is 0 Å². The summed E-state index contributed by atoms with van der Waals surface area (Å²) >= 11 is 0. The van der Waals surface area contributed by atoms with Gasteiger partial charge in [0.05, 0.1) is 0 Å². The van der Waals surface area contributed by atoms with Gasteiger partial charge in [0.25, 0.3) is 0 Å².